The molecule has 1 aromatic carbocycles. The molecule has 0 radical (unpaired) electrons. The van der Waals surface area contributed by atoms with Gasteiger partial charge in [0.2, 0.25) is 5.91 Å². The number of allylic oxidation sites excluding steroid dienone is 2. The minimum absolute atomic E-state index is 0.00553. The Morgan fingerprint density at radius 1 is 1.19 bits per heavy atom. The molecular weight excluding hydrogens is 266 g/mol. The largest absolute Gasteiger partial charge is 0.481 e. The van der Waals surface area contributed by atoms with E-state index in [0.717, 1.165) is 18.4 Å². The molecule has 21 heavy (non-hydrogen) atoms. The molecule has 2 N–H and O–H groups in total. The van der Waals surface area contributed by atoms with E-state index in [2.05, 4.69) is 17.5 Å². The van der Waals surface area contributed by atoms with Gasteiger partial charge >= 0.3 is 5.97 Å². The molecule has 4 unspecified atom stereocenters. The van der Waals surface area contributed by atoms with Gasteiger partial charge in [0.15, 0.2) is 0 Å². The molecule has 1 aromatic rings. The number of carboxylic acid groups (broad SMARTS) is 1. The number of benzene rings is 1. The van der Waals surface area contributed by atoms with Crippen LogP contribution in [0.4, 0.5) is 0 Å². The second-order valence-electron chi connectivity index (χ2n) is 5.93. The Bertz CT molecular complexity index is 567. The van der Waals surface area contributed by atoms with E-state index in [4.69, 9.17) is 0 Å². The summed E-state index contributed by atoms with van der Waals surface area (Å²) in [6, 6.07) is 9.04. The molecule has 0 aromatic heterocycles. The Hall–Kier alpha value is -2.10. The lowest BCUT2D eigenvalue weighted by Crippen LogP contribution is -2.37. The van der Waals surface area contributed by atoms with Gasteiger partial charge in [-0.2, -0.15) is 0 Å². The first-order valence-corrected chi connectivity index (χ1v) is 7.39. The summed E-state index contributed by atoms with van der Waals surface area (Å²) >= 11 is 0. The predicted octanol–water partition coefficient (Wildman–Crippen LogP) is 2.18. The highest BCUT2D eigenvalue weighted by Crippen LogP contribution is 2.43. The third-order valence-electron chi connectivity index (χ3n) is 4.60. The van der Waals surface area contributed by atoms with E-state index in [9.17, 15) is 14.7 Å². The molecule has 2 aliphatic carbocycles. The van der Waals surface area contributed by atoms with Crippen LogP contribution in [0.25, 0.3) is 0 Å². The Kier molecular flexibility index (Phi) is 3.78. The second-order valence-corrected chi connectivity index (χ2v) is 5.93. The molecule has 3 rings (SSSR count). The first-order chi connectivity index (χ1) is 10.1. The van der Waals surface area contributed by atoms with Gasteiger partial charge in [-0.15, -0.1) is 0 Å². The summed E-state index contributed by atoms with van der Waals surface area (Å²) in [6.45, 7) is 0.149. The molecule has 4 atom stereocenters. The topological polar surface area (TPSA) is 66.4 Å². The van der Waals surface area contributed by atoms with Gasteiger partial charge < -0.3 is 10.4 Å². The SMILES string of the molecule is O=C(O)C(CNC(=O)C1CC2C=CC1C2)c1ccccc1. The van der Waals surface area contributed by atoms with Crippen molar-refractivity contribution in [3.8, 4) is 0 Å². The average molecular weight is 285 g/mol. The van der Waals surface area contributed by atoms with Crippen molar-refractivity contribution in [3.05, 3.63) is 48.0 Å². The summed E-state index contributed by atoms with van der Waals surface area (Å²) in [7, 11) is 0. The molecular formula is C17H19NO3. The van der Waals surface area contributed by atoms with Gasteiger partial charge in [-0.3, -0.25) is 9.59 Å². The number of nitrogens with one attached hydrogen (secondary N) is 1. The number of carboxylic acids is 1. The smallest absolute Gasteiger partial charge is 0.312 e. The molecule has 2 aliphatic rings. The zero-order chi connectivity index (χ0) is 14.8. The average Bonchev–Trinajstić information content (AvgIpc) is 3.11. The van der Waals surface area contributed by atoms with Gasteiger partial charge in [-0.05, 0) is 30.2 Å². The van der Waals surface area contributed by atoms with Crippen molar-refractivity contribution in [3.63, 3.8) is 0 Å². The van der Waals surface area contributed by atoms with Crippen LogP contribution in [0.15, 0.2) is 42.5 Å². The molecule has 1 amide bonds. The van der Waals surface area contributed by atoms with E-state index >= 15 is 0 Å². The maximum atomic E-state index is 12.3. The Morgan fingerprint density at radius 2 is 1.95 bits per heavy atom. The summed E-state index contributed by atoms with van der Waals surface area (Å²) in [5, 5.41) is 12.2. The Balaban J connectivity index is 1.61. The van der Waals surface area contributed by atoms with Crippen molar-refractivity contribution < 1.29 is 14.7 Å². The molecule has 2 bridgehead atoms. The minimum atomic E-state index is -0.908. The van der Waals surface area contributed by atoms with Gasteiger partial charge in [0.1, 0.15) is 0 Å². The number of aliphatic carboxylic acids is 1. The van der Waals surface area contributed by atoms with Crippen LogP contribution in [0.3, 0.4) is 0 Å². The van der Waals surface area contributed by atoms with Crippen molar-refractivity contribution in [2.45, 2.75) is 18.8 Å². The first-order valence-electron chi connectivity index (χ1n) is 7.39. The summed E-state index contributed by atoms with van der Waals surface area (Å²) in [5.74, 6) is -0.706. The highest BCUT2D eigenvalue weighted by molar-refractivity contribution is 5.82. The van der Waals surface area contributed by atoms with Gasteiger partial charge in [0.05, 0.1) is 5.92 Å². The highest BCUT2D eigenvalue weighted by atomic mass is 16.4. The quantitative estimate of drug-likeness (QED) is 0.815. The lowest BCUT2D eigenvalue weighted by molar-refractivity contribution is -0.138. The molecule has 110 valence electrons. The fourth-order valence-corrected chi connectivity index (χ4v) is 3.45. The third-order valence-corrected chi connectivity index (χ3v) is 4.60. The summed E-state index contributed by atoms with van der Waals surface area (Å²) in [5.41, 5.74) is 0.720. The second kappa shape index (κ2) is 5.72. The van der Waals surface area contributed by atoms with E-state index in [1.807, 2.05) is 18.2 Å². The summed E-state index contributed by atoms with van der Waals surface area (Å²) in [6.07, 6.45) is 6.29. The summed E-state index contributed by atoms with van der Waals surface area (Å²) < 4.78 is 0. The zero-order valence-corrected chi connectivity index (χ0v) is 11.7. The number of hydrogen-bond acceptors (Lipinski definition) is 2. The van der Waals surface area contributed by atoms with Gasteiger partial charge in [0, 0.05) is 12.5 Å². The van der Waals surface area contributed by atoms with Crippen molar-refractivity contribution in [1.29, 1.82) is 0 Å². The van der Waals surface area contributed by atoms with Gasteiger partial charge in [-0.1, -0.05) is 42.5 Å². The molecule has 4 nitrogen and oxygen atoms in total. The maximum absolute atomic E-state index is 12.3. The molecule has 1 fully saturated rings. The molecule has 0 heterocycles. The number of carbonyl (C=O) groups excluding carboxylic acids is 1. The standard InChI is InChI=1S/C17H19NO3/c19-16(14-9-11-6-7-13(14)8-11)18-10-15(17(20)21)12-4-2-1-3-5-12/h1-7,11,13-15H,8-10H2,(H,18,19)(H,20,21). The van der Waals surface area contributed by atoms with E-state index < -0.39 is 11.9 Å². The number of amides is 1. The normalized spacial score (nSPS) is 27.5. The van der Waals surface area contributed by atoms with Crippen LogP contribution >= 0.6 is 0 Å². The Labute approximate surface area is 123 Å². The highest BCUT2D eigenvalue weighted by Gasteiger charge is 2.39. The van der Waals surface area contributed by atoms with Crippen molar-refractivity contribution >= 4 is 11.9 Å². The number of carbonyl (C=O) groups is 2. The van der Waals surface area contributed by atoms with Crippen molar-refractivity contribution in [1.82, 2.24) is 5.32 Å². The maximum Gasteiger partial charge on any atom is 0.312 e. The Morgan fingerprint density at radius 3 is 2.52 bits per heavy atom. The predicted molar refractivity (Wildman–Crippen MR) is 78.7 cm³/mol. The van der Waals surface area contributed by atoms with Crippen LogP contribution < -0.4 is 5.32 Å². The minimum Gasteiger partial charge on any atom is -0.481 e. The monoisotopic (exact) mass is 285 g/mol. The molecule has 4 heteroatoms. The number of hydrogen-bond donors (Lipinski definition) is 2. The lowest BCUT2D eigenvalue weighted by atomic mass is 9.92. The van der Waals surface area contributed by atoms with Crippen molar-refractivity contribution in [2.24, 2.45) is 17.8 Å². The first kappa shape index (κ1) is 13.9. The molecule has 1 saturated carbocycles. The van der Waals surface area contributed by atoms with E-state index in [0.29, 0.717) is 11.8 Å². The molecule has 0 saturated heterocycles. The van der Waals surface area contributed by atoms with Gasteiger partial charge in [-0.25, -0.2) is 0 Å². The van der Waals surface area contributed by atoms with Crippen LogP contribution in [-0.4, -0.2) is 23.5 Å². The zero-order valence-electron chi connectivity index (χ0n) is 11.7. The number of rotatable bonds is 5. The fraction of sp³-hybridized carbons (Fsp3) is 0.412. The van der Waals surface area contributed by atoms with E-state index in [1.165, 1.54) is 0 Å². The third kappa shape index (κ3) is 2.84. The van der Waals surface area contributed by atoms with E-state index in [1.54, 1.807) is 12.1 Å². The van der Waals surface area contributed by atoms with Crippen LogP contribution in [0.1, 0.15) is 24.3 Å². The fourth-order valence-electron chi connectivity index (χ4n) is 3.45. The molecule has 0 aliphatic heterocycles. The molecule has 0 spiro atoms. The van der Waals surface area contributed by atoms with Crippen LogP contribution in [0.2, 0.25) is 0 Å². The van der Waals surface area contributed by atoms with Gasteiger partial charge in [0.25, 0.3) is 0 Å². The van der Waals surface area contributed by atoms with E-state index in [-0.39, 0.29) is 18.4 Å². The van der Waals surface area contributed by atoms with Crippen LogP contribution in [0.5, 0.6) is 0 Å². The number of fused-ring (bicyclic) bond motifs is 2. The lowest BCUT2D eigenvalue weighted by Gasteiger charge is -2.19. The summed E-state index contributed by atoms with van der Waals surface area (Å²) in [4.78, 5) is 23.7. The van der Waals surface area contributed by atoms with Crippen LogP contribution in [-0.2, 0) is 9.59 Å². The van der Waals surface area contributed by atoms with Crippen LogP contribution in [0, 0.1) is 17.8 Å². The van der Waals surface area contributed by atoms with Crippen molar-refractivity contribution in [2.75, 3.05) is 6.54 Å².